The number of sulfonamides is 1. The minimum absolute atomic E-state index is 0.328. The number of thiophene rings is 1. The number of carbonyl (C=O) groups is 1. The lowest BCUT2D eigenvalue weighted by molar-refractivity contribution is -0.124. The Kier molecular flexibility index (Phi) is 5.21. The lowest BCUT2D eigenvalue weighted by Gasteiger charge is -2.25. The molecule has 5 nitrogen and oxygen atoms in total. The van der Waals surface area contributed by atoms with Gasteiger partial charge in [0.25, 0.3) is 0 Å². The van der Waals surface area contributed by atoms with Crippen molar-refractivity contribution < 1.29 is 17.6 Å². The monoisotopic (exact) mass is 382 g/mol. The van der Waals surface area contributed by atoms with Gasteiger partial charge in [-0.05, 0) is 42.0 Å². The quantitative estimate of drug-likeness (QED) is 0.864. The number of nitrogens with one attached hydrogen (secondary N) is 1. The number of rotatable bonds is 5. The Hall–Kier alpha value is -1.77. The number of benzene rings is 1. The van der Waals surface area contributed by atoms with E-state index in [2.05, 4.69) is 5.32 Å². The van der Waals surface area contributed by atoms with Crippen molar-refractivity contribution in [3.63, 3.8) is 0 Å². The van der Waals surface area contributed by atoms with Crippen molar-refractivity contribution >= 4 is 27.3 Å². The van der Waals surface area contributed by atoms with Crippen molar-refractivity contribution in [2.75, 3.05) is 12.8 Å². The van der Waals surface area contributed by atoms with Crippen molar-refractivity contribution in [2.24, 2.45) is 0 Å². The molecule has 3 rings (SSSR count). The van der Waals surface area contributed by atoms with E-state index in [-0.39, 0.29) is 11.7 Å². The van der Waals surface area contributed by atoms with E-state index in [1.54, 1.807) is 12.1 Å². The summed E-state index contributed by atoms with van der Waals surface area (Å²) in [6.07, 6.45) is 2.28. The molecule has 0 saturated carbocycles. The van der Waals surface area contributed by atoms with Crippen LogP contribution in [0.15, 0.2) is 41.8 Å². The van der Waals surface area contributed by atoms with Gasteiger partial charge in [0.1, 0.15) is 11.9 Å². The Labute approximate surface area is 150 Å². The van der Waals surface area contributed by atoms with Gasteiger partial charge in [-0.1, -0.05) is 18.2 Å². The van der Waals surface area contributed by atoms with E-state index in [9.17, 15) is 17.6 Å². The number of amides is 1. The largest absolute Gasteiger partial charge is 0.343 e. The van der Waals surface area contributed by atoms with Gasteiger partial charge in [-0.25, -0.2) is 12.8 Å². The number of nitrogens with zero attached hydrogens (tertiary/aromatic N) is 1. The summed E-state index contributed by atoms with van der Waals surface area (Å²) in [6.45, 7) is 0.358. The molecule has 2 heterocycles. The molecule has 134 valence electrons. The van der Waals surface area contributed by atoms with Crippen molar-refractivity contribution in [2.45, 2.75) is 24.9 Å². The van der Waals surface area contributed by atoms with Crippen LogP contribution in [0, 0.1) is 5.82 Å². The van der Waals surface area contributed by atoms with Crippen LogP contribution in [0.25, 0.3) is 0 Å². The van der Waals surface area contributed by atoms with Gasteiger partial charge in [0, 0.05) is 11.4 Å². The molecule has 0 radical (unpaired) electrons. The van der Waals surface area contributed by atoms with E-state index < -0.39 is 22.1 Å². The summed E-state index contributed by atoms with van der Waals surface area (Å²) in [5, 5.41) is 4.84. The Morgan fingerprint density at radius 1 is 1.32 bits per heavy atom. The lowest BCUT2D eigenvalue weighted by Crippen LogP contribution is -2.46. The second-order valence-corrected chi connectivity index (χ2v) is 8.95. The summed E-state index contributed by atoms with van der Waals surface area (Å²) in [4.78, 5) is 13.7. The molecule has 1 aromatic heterocycles. The molecule has 2 aromatic rings. The van der Waals surface area contributed by atoms with Gasteiger partial charge < -0.3 is 5.32 Å². The molecule has 1 aromatic carbocycles. The molecule has 1 N–H and O–H groups in total. The van der Waals surface area contributed by atoms with Crippen LogP contribution in [0.4, 0.5) is 4.39 Å². The van der Waals surface area contributed by atoms with Crippen LogP contribution in [0.3, 0.4) is 0 Å². The molecule has 1 fully saturated rings. The fraction of sp³-hybridized carbons (Fsp3) is 0.353. The highest BCUT2D eigenvalue weighted by Crippen LogP contribution is 2.28. The molecule has 25 heavy (non-hydrogen) atoms. The zero-order valence-corrected chi connectivity index (χ0v) is 15.3. The van der Waals surface area contributed by atoms with Gasteiger partial charge in [-0.15, -0.1) is 11.3 Å². The Morgan fingerprint density at radius 2 is 2.04 bits per heavy atom. The fourth-order valence-electron chi connectivity index (χ4n) is 3.07. The van der Waals surface area contributed by atoms with Gasteiger partial charge in [0.05, 0.1) is 12.3 Å². The van der Waals surface area contributed by atoms with Crippen LogP contribution in [0.1, 0.15) is 29.3 Å². The van der Waals surface area contributed by atoms with E-state index in [1.165, 1.54) is 27.8 Å². The molecule has 0 spiro atoms. The highest BCUT2D eigenvalue weighted by Gasteiger charge is 2.37. The van der Waals surface area contributed by atoms with E-state index in [0.717, 1.165) is 16.7 Å². The van der Waals surface area contributed by atoms with Gasteiger partial charge in [-0.3, -0.25) is 4.79 Å². The summed E-state index contributed by atoms with van der Waals surface area (Å²) in [7, 11) is -3.43. The van der Waals surface area contributed by atoms with E-state index >= 15 is 0 Å². The van der Waals surface area contributed by atoms with Gasteiger partial charge >= 0.3 is 0 Å². The third-order valence-electron chi connectivity index (χ3n) is 4.25. The zero-order chi connectivity index (χ0) is 18.0. The minimum atomic E-state index is -3.43. The highest BCUT2D eigenvalue weighted by atomic mass is 32.2. The summed E-state index contributed by atoms with van der Waals surface area (Å²) >= 11 is 1.48. The summed E-state index contributed by atoms with van der Waals surface area (Å²) < 4.78 is 38.2. The minimum Gasteiger partial charge on any atom is -0.343 e. The molecular weight excluding hydrogens is 363 g/mol. The first-order valence-electron chi connectivity index (χ1n) is 7.92. The van der Waals surface area contributed by atoms with Crippen LogP contribution in [0.2, 0.25) is 0 Å². The summed E-state index contributed by atoms with van der Waals surface area (Å²) in [6, 6.07) is 8.59. The molecule has 1 saturated heterocycles. The number of hydrogen-bond acceptors (Lipinski definition) is 4. The molecule has 0 aliphatic carbocycles. The highest BCUT2D eigenvalue weighted by molar-refractivity contribution is 7.88. The fourth-order valence-corrected chi connectivity index (χ4v) is 4.99. The summed E-state index contributed by atoms with van der Waals surface area (Å²) in [5.74, 6) is -0.676. The Balaban J connectivity index is 1.85. The molecule has 1 aliphatic heterocycles. The Morgan fingerprint density at radius 3 is 2.64 bits per heavy atom. The topological polar surface area (TPSA) is 66.5 Å². The van der Waals surface area contributed by atoms with Crippen LogP contribution in [-0.4, -0.2) is 37.5 Å². The van der Waals surface area contributed by atoms with Crippen LogP contribution < -0.4 is 5.32 Å². The maximum absolute atomic E-state index is 13.2. The maximum atomic E-state index is 13.2. The second-order valence-electron chi connectivity index (χ2n) is 6.04. The number of carbonyl (C=O) groups excluding carboxylic acids is 1. The van der Waals surface area contributed by atoms with Gasteiger partial charge in [0.15, 0.2) is 0 Å². The molecule has 8 heteroatoms. The number of halogens is 1. The zero-order valence-electron chi connectivity index (χ0n) is 13.7. The predicted octanol–water partition coefficient (Wildman–Crippen LogP) is 2.52. The summed E-state index contributed by atoms with van der Waals surface area (Å²) in [5.41, 5.74) is 0.751. The van der Waals surface area contributed by atoms with Crippen LogP contribution in [0.5, 0.6) is 0 Å². The van der Waals surface area contributed by atoms with Crippen molar-refractivity contribution in [3.8, 4) is 0 Å². The molecule has 1 amide bonds. The number of hydrogen-bond donors (Lipinski definition) is 1. The molecule has 2 atom stereocenters. The van der Waals surface area contributed by atoms with Crippen LogP contribution in [-0.2, 0) is 14.8 Å². The van der Waals surface area contributed by atoms with Gasteiger partial charge in [-0.2, -0.15) is 4.31 Å². The average Bonchev–Trinajstić information content (AvgIpc) is 3.24. The van der Waals surface area contributed by atoms with Crippen molar-refractivity contribution in [3.05, 3.63) is 58.0 Å². The first-order chi connectivity index (χ1) is 11.9. The smallest absolute Gasteiger partial charge is 0.239 e. The second kappa shape index (κ2) is 7.23. The van der Waals surface area contributed by atoms with E-state index in [4.69, 9.17) is 0 Å². The van der Waals surface area contributed by atoms with Gasteiger partial charge in [0.2, 0.25) is 15.9 Å². The molecule has 0 bridgehead atoms. The standard InChI is InChI=1S/C17H19FN2O3S2/c1-25(22,23)20-10-2-4-14(20)17(21)19-16(15-5-3-11-24-15)12-6-8-13(18)9-7-12/h3,5-9,11,14,16H,2,4,10H2,1H3,(H,19,21)/t14-,16-/m1/s1. The maximum Gasteiger partial charge on any atom is 0.239 e. The Bertz CT molecular complexity index is 835. The van der Waals surface area contributed by atoms with Crippen LogP contribution >= 0.6 is 11.3 Å². The lowest BCUT2D eigenvalue weighted by atomic mass is 10.0. The predicted molar refractivity (Wildman–Crippen MR) is 95.3 cm³/mol. The SMILES string of the molecule is CS(=O)(=O)N1CCC[C@@H]1C(=O)N[C@H](c1ccc(F)cc1)c1cccs1. The molecular formula is C17H19FN2O3S2. The average molecular weight is 382 g/mol. The van der Waals surface area contributed by atoms with E-state index in [1.807, 2.05) is 17.5 Å². The third kappa shape index (κ3) is 4.08. The first kappa shape index (κ1) is 18.0. The first-order valence-corrected chi connectivity index (χ1v) is 10.6. The van der Waals surface area contributed by atoms with Crippen molar-refractivity contribution in [1.82, 2.24) is 9.62 Å². The third-order valence-corrected chi connectivity index (χ3v) is 6.48. The molecule has 1 aliphatic rings. The van der Waals surface area contributed by atoms with E-state index in [0.29, 0.717) is 19.4 Å². The molecule has 0 unspecified atom stereocenters. The van der Waals surface area contributed by atoms with Crippen molar-refractivity contribution in [1.29, 1.82) is 0 Å². The normalized spacial score (nSPS) is 19.7.